The molecular formula is C21H26N2O4. The number of likely N-dealkylation sites (N-methyl/N-ethyl adjacent to an activating group) is 1. The monoisotopic (exact) mass is 370 g/mol. The van der Waals surface area contributed by atoms with Gasteiger partial charge in [0.15, 0.2) is 12.4 Å². The highest BCUT2D eigenvalue weighted by Crippen LogP contribution is 2.20. The lowest BCUT2D eigenvalue weighted by Crippen LogP contribution is -2.36. The third-order valence-corrected chi connectivity index (χ3v) is 4.23. The molecule has 0 aromatic heterocycles. The van der Waals surface area contributed by atoms with Crippen LogP contribution in [0, 0.1) is 0 Å². The molecule has 2 rings (SSSR count). The number of amides is 1. The maximum atomic E-state index is 12.2. The molecule has 0 spiro atoms. The summed E-state index contributed by atoms with van der Waals surface area (Å²) in [5, 5.41) is 2.90. The number of carbonyl (C=O) groups excluding carboxylic acids is 2. The van der Waals surface area contributed by atoms with Crippen LogP contribution in [-0.4, -0.2) is 50.9 Å². The number of ketones is 1. The third-order valence-electron chi connectivity index (χ3n) is 4.23. The Morgan fingerprint density at radius 2 is 1.78 bits per heavy atom. The summed E-state index contributed by atoms with van der Waals surface area (Å²) in [6.45, 7) is 1.84. The lowest BCUT2D eigenvalue weighted by atomic mass is 10.1. The second-order valence-electron chi connectivity index (χ2n) is 6.43. The van der Waals surface area contributed by atoms with Crippen molar-refractivity contribution in [2.24, 2.45) is 0 Å². The van der Waals surface area contributed by atoms with Crippen molar-refractivity contribution < 1.29 is 19.1 Å². The molecular weight excluding hydrogens is 344 g/mol. The highest BCUT2D eigenvalue weighted by Gasteiger charge is 2.15. The summed E-state index contributed by atoms with van der Waals surface area (Å²) in [7, 11) is 5.56. The molecule has 0 fully saturated rings. The van der Waals surface area contributed by atoms with Crippen molar-refractivity contribution in [3.05, 3.63) is 59.7 Å². The van der Waals surface area contributed by atoms with Gasteiger partial charge in [-0.05, 0) is 50.8 Å². The summed E-state index contributed by atoms with van der Waals surface area (Å²) < 4.78 is 10.7. The zero-order valence-corrected chi connectivity index (χ0v) is 16.2. The standard InChI is InChI=1S/C21H26N2O4/c1-15(24)17-6-5-7-19(12-17)27-14-21(25)22-13-20(23(2)3)16-8-10-18(26-4)11-9-16/h5-12,20H,13-14H2,1-4H3,(H,22,25). The van der Waals surface area contributed by atoms with Gasteiger partial charge < -0.3 is 19.7 Å². The van der Waals surface area contributed by atoms with Crippen LogP contribution in [0.1, 0.15) is 28.9 Å². The number of ether oxygens (including phenoxy) is 2. The van der Waals surface area contributed by atoms with Crippen LogP contribution in [0.4, 0.5) is 0 Å². The van der Waals surface area contributed by atoms with E-state index in [9.17, 15) is 9.59 Å². The lowest BCUT2D eigenvalue weighted by Gasteiger charge is -2.25. The minimum Gasteiger partial charge on any atom is -0.497 e. The number of Topliss-reactive ketones (excluding diaryl/α,β-unsaturated/α-hetero) is 1. The number of benzene rings is 2. The molecule has 1 unspecified atom stereocenters. The van der Waals surface area contributed by atoms with Crippen molar-refractivity contribution in [2.75, 3.05) is 34.4 Å². The highest BCUT2D eigenvalue weighted by molar-refractivity contribution is 5.94. The van der Waals surface area contributed by atoms with E-state index in [2.05, 4.69) is 5.32 Å². The van der Waals surface area contributed by atoms with Gasteiger partial charge in [0, 0.05) is 12.1 Å². The second-order valence-corrected chi connectivity index (χ2v) is 6.43. The van der Waals surface area contributed by atoms with Crippen LogP contribution in [0.3, 0.4) is 0 Å². The smallest absolute Gasteiger partial charge is 0.258 e. The van der Waals surface area contributed by atoms with E-state index in [1.807, 2.05) is 43.3 Å². The Labute approximate surface area is 160 Å². The van der Waals surface area contributed by atoms with Gasteiger partial charge in [-0.15, -0.1) is 0 Å². The van der Waals surface area contributed by atoms with E-state index >= 15 is 0 Å². The van der Waals surface area contributed by atoms with Crippen LogP contribution in [0.5, 0.6) is 11.5 Å². The van der Waals surface area contributed by atoms with Gasteiger partial charge in [0.25, 0.3) is 5.91 Å². The maximum Gasteiger partial charge on any atom is 0.258 e. The van der Waals surface area contributed by atoms with Crippen molar-refractivity contribution in [1.82, 2.24) is 10.2 Å². The number of carbonyl (C=O) groups is 2. The van der Waals surface area contributed by atoms with Crippen molar-refractivity contribution in [2.45, 2.75) is 13.0 Å². The van der Waals surface area contributed by atoms with Gasteiger partial charge in [0.1, 0.15) is 11.5 Å². The molecule has 144 valence electrons. The van der Waals surface area contributed by atoms with E-state index < -0.39 is 0 Å². The van der Waals surface area contributed by atoms with Crippen LogP contribution in [0.2, 0.25) is 0 Å². The van der Waals surface area contributed by atoms with Crippen LogP contribution >= 0.6 is 0 Å². The van der Waals surface area contributed by atoms with Crippen molar-refractivity contribution in [3.63, 3.8) is 0 Å². The first-order valence-corrected chi connectivity index (χ1v) is 8.71. The number of nitrogens with zero attached hydrogens (tertiary/aromatic N) is 1. The van der Waals surface area contributed by atoms with E-state index in [0.717, 1.165) is 11.3 Å². The quantitative estimate of drug-likeness (QED) is 0.688. The molecule has 0 saturated heterocycles. The number of nitrogens with one attached hydrogen (secondary N) is 1. The fraction of sp³-hybridized carbons (Fsp3) is 0.333. The van der Waals surface area contributed by atoms with Gasteiger partial charge in [-0.25, -0.2) is 0 Å². The average Bonchev–Trinajstić information content (AvgIpc) is 2.67. The number of rotatable bonds is 9. The summed E-state index contributed by atoms with van der Waals surface area (Å²) >= 11 is 0. The van der Waals surface area contributed by atoms with Gasteiger partial charge >= 0.3 is 0 Å². The lowest BCUT2D eigenvalue weighted by molar-refractivity contribution is -0.123. The first-order valence-electron chi connectivity index (χ1n) is 8.71. The first-order chi connectivity index (χ1) is 12.9. The first kappa shape index (κ1) is 20.5. The second kappa shape index (κ2) is 9.73. The van der Waals surface area contributed by atoms with Crippen molar-refractivity contribution in [3.8, 4) is 11.5 Å². The van der Waals surface area contributed by atoms with Gasteiger partial charge in [-0.1, -0.05) is 24.3 Å². The van der Waals surface area contributed by atoms with E-state index in [0.29, 0.717) is 17.9 Å². The summed E-state index contributed by atoms with van der Waals surface area (Å²) in [4.78, 5) is 25.6. The largest absolute Gasteiger partial charge is 0.497 e. The number of methoxy groups -OCH3 is 1. The Bertz CT molecular complexity index is 772. The molecule has 2 aromatic carbocycles. The van der Waals surface area contributed by atoms with E-state index in [1.165, 1.54) is 6.92 Å². The topological polar surface area (TPSA) is 67.9 Å². The minimum absolute atomic E-state index is 0.0286. The van der Waals surface area contributed by atoms with Gasteiger partial charge in [0.05, 0.1) is 13.2 Å². The van der Waals surface area contributed by atoms with Crippen molar-refractivity contribution in [1.29, 1.82) is 0 Å². The molecule has 6 nitrogen and oxygen atoms in total. The van der Waals surface area contributed by atoms with Crippen LogP contribution in [-0.2, 0) is 4.79 Å². The fourth-order valence-corrected chi connectivity index (χ4v) is 2.64. The average molecular weight is 370 g/mol. The highest BCUT2D eigenvalue weighted by atomic mass is 16.5. The molecule has 0 heterocycles. The molecule has 1 N–H and O–H groups in total. The summed E-state index contributed by atoms with van der Waals surface area (Å²) in [6.07, 6.45) is 0. The molecule has 6 heteroatoms. The van der Waals surface area contributed by atoms with E-state index in [-0.39, 0.29) is 24.3 Å². The molecule has 0 bridgehead atoms. The zero-order valence-electron chi connectivity index (χ0n) is 16.2. The summed E-state index contributed by atoms with van der Waals surface area (Å²) in [5.74, 6) is 1.03. The Hall–Kier alpha value is -2.86. The normalized spacial score (nSPS) is 11.7. The number of hydrogen-bond donors (Lipinski definition) is 1. The van der Waals surface area contributed by atoms with Gasteiger partial charge in [-0.3, -0.25) is 9.59 Å². The molecule has 0 saturated carbocycles. The molecule has 2 aromatic rings. The predicted molar refractivity (Wildman–Crippen MR) is 104 cm³/mol. The van der Waals surface area contributed by atoms with Crippen LogP contribution < -0.4 is 14.8 Å². The Balaban J connectivity index is 1.90. The Morgan fingerprint density at radius 3 is 2.37 bits per heavy atom. The van der Waals surface area contributed by atoms with E-state index in [4.69, 9.17) is 9.47 Å². The SMILES string of the molecule is COc1ccc(C(CNC(=O)COc2cccc(C(C)=O)c2)N(C)C)cc1. The molecule has 0 aliphatic carbocycles. The van der Waals surface area contributed by atoms with Gasteiger partial charge in [0.2, 0.25) is 0 Å². The third kappa shape index (κ3) is 6.11. The maximum absolute atomic E-state index is 12.2. The zero-order chi connectivity index (χ0) is 19.8. The molecule has 1 amide bonds. The van der Waals surface area contributed by atoms with E-state index in [1.54, 1.807) is 31.4 Å². The Kier molecular flexibility index (Phi) is 7.37. The molecule has 0 aliphatic heterocycles. The predicted octanol–water partition coefficient (Wildman–Crippen LogP) is 2.70. The molecule has 27 heavy (non-hydrogen) atoms. The Morgan fingerprint density at radius 1 is 1.07 bits per heavy atom. The molecule has 0 radical (unpaired) electrons. The minimum atomic E-state index is -0.219. The summed E-state index contributed by atoms with van der Waals surface area (Å²) in [6, 6.07) is 14.6. The molecule has 0 aliphatic rings. The van der Waals surface area contributed by atoms with Crippen LogP contribution in [0.15, 0.2) is 48.5 Å². The fourth-order valence-electron chi connectivity index (χ4n) is 2.64. The summed E-state index contributed by atoms with van der Waals surface area (Å²) in [5.41, 5.74) is 1.64. The van der Waals surface area contributed by atoms with Crippen LogP contribution in [0.25, 0.3) is 0 Å². The number of hydrogen-bond acceptors (Lipinski definition) is 5. The van der Waals surface area contributed by atoms with Gasteiger partial charge in [-0.2, -0.15) is 0 Å². The van der Waals surface area contributed by atoms with Crippen molar-refractivity contribution >= 4 is 11.7 Å². The molecule has 1 atom stereocenters.